The highest BCUT2D eigenvalue weighted by Gasteiger charge is 2.38. The van der Waals surface area contributed by atoms with Crippen LogP contribution in [0.25, 0.3) is 0 Å². The maximum absolute atomic E-state index is 6.22. The minimum Gasteiger partial charge on any atom is -0.329 e. The summed E-state index contributed by atoms with van der Waals surface area (Å²) < 4.78 is 0. The van der Waals surface area contributed by atoms with Gasteiger partial charge in [-0.2, -0.15) is 0 Å². The van der Waals surface area contributed by atoms with Crippen molar-refractivity contribution < 1.29 is 0 Å². The molecule has 2 nitrogen and oxygen atoms in total. The van der Waals surface area contributed by atoms with E-state index in [1.807, 2.05) is 0 Å². The monoisotopic (exact) mass is 268 g/mol. The van der Waals surface area contributed by atoms with Crippen molar-refractivity contribution in [1.82, 2.24) is 4.90 Å². The molecule has 0 aromatic rings. The van der Waals surface area contributed by atoms with Gasteiger partial charge in [-0.1, -0.05) is 34.1 Å². The largest absolute Gasteiger partial charge is 0.329 e. The molecule has 2 heteroatoms. The molecule has 0 spiro atoms. The fourth-order valence-electron chi connectivity index (χ4n) is 3.70. The molecular weight excluding hydrogens is 232 g/mol. The van der Waals surface area contributed by atoms with E-state index < -0.39 is 0 Å². The van der Waals surface area contributed by atoms with E-state index in [0.29, 0.717) is 5.54 Å². The molecule has 0 aromatic heterocycles. The molecular formula is C17H36N2. The van der Waals surface area contributed by atoms with E-state index in [-0.39, 0.29) is 0 Å². The Morgan fingerprint density at radius 1 is 1.21 bits per heavy atom. The fraction of sp³-hybridized carbons (Fsp3) is 1.00. The molecule has 1 aliphatic rings. The molecule has 1 rings (SSSR count). The summed E-state index contributed by atoms with van der Waals surface area (Å²) in [6, 6.07) is 0. The van der Waals surface area contributed by atoms with E-state index in [1.54, 1.807) is 0 Å². The van der Waals surface area contributed by atoms with Crippen molar-refractivity contribution in [3.63, 3.8) is 0 Å². The van der Waals surface area contributed by atoms with Gasteiger partial charge >= 0.3 is 0 Å². The zero-order chi connectivity index (χ0) is 14.3. The molecule has 1 aliphatic carbocycles. The third kappa shape index (κ3) is 4.75. The second kappa shape index (κ2) is 8.26. The van der Waals surface area contributed by atoms with Crippen molar-refractivity contribution in [1.29, 1.82) is 0 Å². The smallest absolute Gasteiger partial charge is 0.0332 e. The SMILES string of the molecule is CCCC(C)CN(CCC)C1(CN)CCC(C)CC1. The van der Waals surface area contributed by atoms with Crippen LogP contribution >= 0.6 is 0 Å². The van der Waals surface area contributed by atoms with Gasteiger partial charge in [0.25, 0.3) is 0 Å². The molecule has 0 radical (unpaired) electrons. The van der Waals surface area contributed by atoms with E-state index >= 15 is 0 Å². The summed E-state index contributed by atoms with van der Waals surface area (Å²) >= 11 is 0. The van der Waals surface area contributed by atoms with Gasteiger partial charge in [-0.3, -0.25) is 4.90 Å². The number of hydrogen-bond donors (Lipinski definition) is 1. The molecule has 0 amide bonds. The van der Waals surface area contributed by atoms with Crippen molar-refractivity contribution in [2.45, 2.75) is 78.2 Å². The van der Waals surface area contributed by atoms with E-state index in [4.69, 9.17) is 5.73 Å². The molecule has 0 bridgehead atoms. The Kier molecular flexibility index (Phi) is 7.38. The Hall–Kier alpha value is -0.0800. The molecule has 0 heterocycles. The van der Waals surface area contributed by atoms with E-state index in [9.17, 15) is 0 Å². The van der Waals surface area contributed by atoms with Crippen LogP contribution in [0.4, 0.5) is 0 Å². The third-order valence-electron chi connectivity index (χ3n) is 5.06. The zero-order valence-corrected chi connectivity index (χ0v) is 13.8. The molecule has 1 unspecified atom stereocenters. The fourth-order valence-corrected chi connectivity index (χ4v) is 3.70. The molecule has 0 aliphatic heterocycles. The van der Waals surface area contributed by atoms with Crippen molar-refractivity contribution in [3.8, 4) is 0 Å². The predicted molar refractivity (Wildman–Crippen MR) is 85.4 cm³/mol. The van der Waals surface area contributed by atoms with Gasteiger partial charge in [0.2, 0.25) is 0 Å². The molecule has 0 saturated heterocycles. The molecule has 19 heavy (non-hydrogen) atoms. The molecule has 114 valence electrons. The maximum atomic E-state index is 6.22. The van der Waals surface area contributed by atoms with Crippen LogP contribution in [-0.2, 0) is 0 Å². The van der Waals surface area contributed by atoms with Crippen LogP contribution in [-0.4, -0.2) is 30.1 Å². The summed E-state index contributed by atoms with van der Waals surface area (Å²) in [5.74, 6) is 1.70. The lowest BCUT2D eigenvalue weighted by molar-refractivity contribution is 0.0324. The summed E-state index contributed by atoms with van der Waals surface area (Å²) in [5.41, 5.74) is 6.53. The van der Waals surface area contributed by atoms with Crippen LogP contribution in [0, 0.1) is 11.8 Å². The van der Waals surface area contributed by atoms with E-state index in [1.165, 1.54) is 58.0 Å². The number of rotatable bonds is 8. The van der Waals surface area contributed by atoms with Crippen molar-refractivity contribution in [2.75, 3.05) is 19.6 Å². The Morgan fingerprint density at radius 3 is 2.32 bits per heavy atom. The molecule has 1 atom stereocenters. The Labute approximate surface area is 121 Å². The van der Waals surface area contributed by atoms with Crippen LogP contribution in [0.2, 0.25) is 0 Å². The maximum Gasteiger partial charge on any atom is 0.0332 e. The van der Waals surface area contributed by atoms with Gasteiger partial charge in [-0.05, 0) is 56.9 Å². The quantitative estimate of drug-likeness (QED) is 0.720. The van der Waals surface area contributed by atoms with Crippen LogP contribution < -0.4 is 5.73 Å². The minimum atomic E-state index is 0.310. The minimum absolute atomic E-state index is 0.310. The first-order chi connectivity index (χ1) is 9.07. The summed E-state index contributed by atoms with van der Waals surface area (Å²) in [6.45, 7) is 12.7. The van der Waals surface area contributed by atoms with Crippen molar-refractivity contribution in [3.05, 3.63) is 0 Å². The number of nitrogens with zero attached hydrogens (tertiary/aromatic N) is 1. The summed E-state index contributed by atoms with van der Waals surface area (Å²) in [7, 11) is 0. The topological polar surface area (TPSA) is 29.3 Å². The number of nitrogens with two attached hydrogens (primary N) is 1. The van der Waals surface area contributed by atoms with Crippen LogP contribution in [0.3, 0.4) is 0 Å². The second-order valence-electron chi connectivity index (χ2n) is 6.95. The molecule has 1 fully saturated rings. The first-order valence-corrected chi connectivity index (χ1v) is 8.53. The van der Waals surface area contributed by atoms with Gasteiger partial charge in [0.15, 0.2) is 0 Å². The lowest BCUT2D eigenvalue weighted by Crippen LogP contribution is -2.57. The van der Waals surface area contributed by atoms with Crippen molar-refractivity contribution in [2.24, 2.45) is 17.6 Å². The summed E-state index contributed by atoms with van der Waals surface area (Å²) in [5, 5.41) is 0. The summed E-state index contributed by atoms with van der Waals surface area (Å²) in [6.07, 6.45) is 9.23. The van der Waals surface area contributed by atoms with E-state index in [0.717, 1.165) is 18.4 Å². The lowest BCUT2D eigenvalue weighted by Gasteiger charge is -2.48. The number of hydrogen-bond acceptors (Lipinski definition) is 2. The average Bonchev–Trinajstić information content (AvgIpc) is 2.40. The molecule has 2 N–H and O–H groups in total. The Morgan fingerprint density at radius 2 is 1.84 bits per heavy atom. The van der Waals surface area contributed by atoms with Crippen molar-refractivity contribution >= 4 is 0 Å². The van der Waals surface area contributed by atoms with Crippen LogP contribution in [0.5, 0.6) is 0 Å². The van der Waals surface area contributed by atoms with Gasteiger partial charge in [0.1, 0.15) is 0 Å². The Balaban J connectivity index is 2.70. The Bertz CT molecular complexity index is 231. The van der Waals surface area contributed by atoms with Gasteiger partial charge in [-0.15, -0.1) is 0 Å². The normalized spacial score (nSPS) is 29.7. The average molecular weight is 268 g/mol. The first-order valence-electron chi connectivity index (χ1n) is 8.53. The highest BCUT2D eigenvalue weighted by atomic mass is 15.2. The lowest BCUT2D eigenvalue weighted by atomic mass is 9.75. The highest BCUT2D eigenvalue weighted by molar-refractivity contribution is 4.95. The highest BCUT2D eigenvalue weighted by Crippen LogP contribution is 2.36. The van der Waals surface area contributed by atoms with Crippen LogP contribution in [0.1, 0.15) is 72.6 Å². The van der Waals surface area contributed by atoms with Gasteiger partial charge in [0, 0.05) is 18.6 Å². The summed E-state index contributed by atoms with van der Waals surface area (Å²) in [4.78, 5) is 2.75. The zero-order valence-electron chi connectivity index (χ0n) is 13.8. The van der Waals surface area contributed by atoms with Gasteiger partial charge < -0.3 is 5.73 Å². The predicted octanol–water partition coefficient (Wildman–Crippen LogP) is 4.04. The first kappa shape index (κ1) is 17.0. The molecule has 1 saturated carbocycles. The molecule has 0 aromatic carbocycles. The van der Waals surface area contributed by atoms with Crippen LogP contribution in [0.15, 0.2) is 0 Å². The van der Waals surface area contributed by atoms with Gasteiger partial charge in [-0.25, -0.2) is 0 Å². The second-order valence-corrected chi connectivity index (χ2v) is 6.95. The van der Waals surface area contributed by atoms with E-state index in [2.05, 4.69) is 32.6 Å². The third-order valence-corrected chi connectivity index (χ3v) is 5.06. The van der Waals surface area contributed by atoms with Gasteiger partial charge in [0.05, 0.1) is 0 Å². The standard InChI is InChI=1S/C17H36N2/c1-5-7-16(4)13-19(12-6-2)17(14-18)10-8-15(3)9-11-17/h15-16H,5-14,18H2,1-4H3.